The molecule has 0 radical (unpaired) electrons. The van der Waals surface area contributed by atoms with Crippen LogP contribution in [-0.2, 0) is 30.6 Å². The minimum atomic E-state index is -10.7. The first-order valence-corrected chi connectivity index (χ1v) is 23.5. The maximum absolute atomic E-state index is 10.7. The zero-order valence-corrected chi connectivity index (χ0v) is 39.9. The number of benzene rings is 1. The number of rotatable bonds is 5. The number of hydrogen-bond donors (Lipinski definition) is 1. The van der Waals surface area contributed by atoms with Crippen LogP contribution in [0.1, 0.15) is 37.6 Å². The molecule has 1 N–H and O–H groups in total. The van der Waals surface area contributed by atoms with E-state index < -0.39 is 15.6 Å². The first-order chi connectivity index (χ1) is 31.0. The van der Waals surface area contributed by atoms with Crippen LogP contribution in [0, 0.1) is 18.3 Å². The summed E-state index contributed by atoms with van der Waals surface area (Å²) in [6.07, 6.45) is 9.75. The molecule has 1 aromatic carbocycles. The van der Waals surface area contributed by atoms with E-state index in [9.17, 15) is 50.4 Å². The zero-order chi connectivity index (χ0) is 50.3. The van der Waals surface area contributed by atoms with E-state index in [0.717, 1.165) is 70.7 Å². The molecule has 0 unspecified atom stereocenters. The molecule has 0 amide bonds. The third-order valence-electron chi connectivity index (χ3n) is 7.46. The Bertz CT molecular complexity index is 2400. The summed E-state index contributed by atoms with van der Waals surface area (Å²) >= 11 is 0. The number of aromatic nitrogens is 6. The van der Waals surface area contributed by atoms with Crippen molar-refractivity contribution in [3.05, 3.63) is 169 Å². The van der Waals surface area contributed by atoms with Gasteiger partial charge < -0.3 is 10.1 Å². The summed E-state index contributed by atoms with van der Waals surface area (Å²) in [6, 6.07) is 41.5. The number of hydrogen-bond acceptors (Lipinski definition) is 9. The molecule has 1 aliphatic rings. The van der Waals surface area contributed by atoms with E-state index in [1.165, 1.54) is 18.2 Å². The van der Waals surface area contributed by atoms with Crippen LogP contribution in [-0.4, -0.2) is 43.1 Å². The summed E-state index contributed by atoms with van der Waals surface area (Å²) in [5.74, 6) is 0. The molecule has 0 bridgehead atoms. The summed E-state index contributed by atoms with van der Waals surface area (Å²) in [5.41, 5.74) is 11.3. The molecule has 0 spiro atoms. The molecular formula is C44H44F12N8OP2Ru. The molecule has 1 aliphatic heterocycles. The Balaban J connectivity index is 0.000000430. The summed E-state index contributed by atoms with van der Waals surface area (Å²) in [5, 5.41) is 10.8. The Morgan fingerprint density at radius 3 is 1.22 bits per heavy atom. The monoisotopic (exact) mass is 1090 g/mol. The summed E-state index contributed by atoms with van der Waals surface area (Å²) in [4.78, 5) is 26.0. The van der Waals surface area contributed by atoms with Crippen molar-refractivity contribution in [3.63, 3.8) is 0 Å². The fourth-order valence-corrected chi connectivity index (χ4v) is 5.02. The Morgan fingerprint density at radius 1 is 0.515 bits per heavy atom. The van der Waals surface area contributed by atoms with Gasteiger partial charge in [0.15, 0.2) is 0 Å². The smallest absolute Gasteiger partial charge is 0.255 e. The van der Waals surface area contributed by atoms with Gasteiger partial charge in [0.05, 0.1) is 51.6 Å². The van der Waals surface area contributed by atoms with Crippen LogP contribution in [0.15, 0.2) is 152 Å². The number of fused-ring (bicyclic) bond motifs is 2. The molecule has 0 aliphatic carbocycles. The largest absolute Gasteiger partial charge is 2.00 e. The molecule has 0 saturated heterocycles. The zero-order valence-electron chi connectivity index (χ0n) is 36.4. The average Bonchev–Trinajstić information content (AvgIpc) is 3.26. The van der Waals surface area contributed by atoms with Gasteiger partial charge in [0.2, 0.25) is 0 Å². The van der Waals surface area contributed by atoms with Gasteiger partial charge in [-0.3, -0.25) is 24.9 Å². The average molecular weight is 1090 g/mol. The van der Waals surface area contributed by atoms with Gasteiger partial charge in [-0.15, -0.1) is 0 Å². The van der Waals surface area contributed by atoms with E-state index >= 15 is 0 Å². The third kappa shape index (κ3) is 30.3. The molecular weight excluding hydrogens is 1050 g/mol. The minimum absolute atomic E-state index is 0. The molecule has 6 aromatic heterocycles. The molecule has 8 rings (SSSR count). The molecule has 368 valence electrons. The maximum Gasteiger partial charge on any atom is 2.00 e. The Kier molecular flexibility index (Phi) is 21.9. The number of nitrogens with one attached hydrogen (secondary N) is 1. The normalized spacial score (nSPS) is 12.7. The minimum Gasteiger partial charge on any atom is -0.255 e. The predicted molar refractivity (Wildman–Crippen MR) is 240 cm³/mol. The molecule has 0 atom stereocenters. The van der Waals surface area contributed by atoms with Crippen molar-refractivity contribution in [3.8, 4) is 40.2 Å². The van der Waals surface area contributed by atoms with E-state index in [0.29, 0.717) is 0 Å². The van der Waals surface area contributed by atoms with Crippen molar-refractivity contribution < 1.29 is 74.6 Å². The molecule has 0 saturated carbocycles. The van der Waals surface area contributed by atoms with Gasteiger partial charge in [0, 0.05) is 63.2 Å². The van der Waals surface area contributed by atoms with E-state index in [2.05, 4.69) is 73.6 Å². The molecule has 68 heavy (non-hydrogen) atoms. The third-order valence-corrected chi connectivity index (χ3v) is 7.46. The molecule has 7 heterocycles. The van der Waals surface area contributed by atoms with Crippen LogP contribution in [0.4, 0.5) is 61.7 Å². The molecule has 9 nitrogen and oxygen atoms in total. The number of pyridine rings is 6. The fraction of sp³-hybridized carbons (Fsp3) is 0.159. The summed E-state index contributed by atoms with van der Waals surface area (Å²) < 4.78 is 123. The van der Waals surface area contributed by atoms with Crippen LogP contribution in [0.5, 0.6) is 0 Å². The van der Waals surface area contributed by atoms with Crippen molar-refractivity contribution in [2.45, 2.75) is 34.1 Å². The van der Waals surface area contributed by atoms with Gasteiger partial charge >= 0.3 is 85.5 Å². The maximum atomic E-state index is 9.87. The van der Waals surface area contributed by atoms with Crippen LogP contribution < -0.4 is 5.32 Å². The Labute approximate surface area is 397 Å². The van der Waals surface area contributed by atoms with Gasteiger partial charge in [0.25, 0.3) is 0 Å². The number of ether oxygens (including phenoxy) is 1. The number of nitriles is 1. The summed E-state index contributed by atoms with van der Waals surface area (Å²) in [7, 11) is -21.3. The first-order valence-electron chi connectivity index (χ1n) is 19.4. The van der Waals surface area contributed by atoms with Crippen LogP contribution in [0.3, 0.4) is 0 Å². The Hall–Kier alpha value is -5.99. The number of para-hydroxylation sites is 1. The predicted octanol–water partition coefficient (Wildman–Crippen LogP) is 16.7. The van der Waals surface area contributed by atoms with Crippen LogP contribution >= 0.6 is 15.6 Å². The second-order valence-corrected chi connectivity index (χ2v) is 16.9. The molecule has 0 fully saturated rings. The fourth-order valence-electron chi connectivity index (χ4n) is 5.02. The van der Waals surface area contributed by atoms with E-state index in [-0.39, 0.29) is 19.5 Å². The molecule has 24 heteroatoms. The van der Waals surface area contributed by atoms with Crippen molar-refractivity contribution in [2.24, 2.45) is 0 Å². The molecule has 7 aromatic rings. The van der Waals surface area contributed by atoms with Crippen molar-refractivity contribution in [1.29, 1.82) is 5.26 Å². The first kappa shape index (κ1) is 60.0. The number of halogens is 12. The SMILES string of the molecule is CC#N.CCOCC.Cc1cccnc1-c1ccc2c(n1)Cc1ccccc1N2.F[P-](F)(F)(F)(F)F.F[P-](F)(F)(F)(F)F.[Ru+2].c1ccc(-c2ccccn2)nc1.c1ccc(-c2ccccn2)nc1. The topological polar surface area (TPSA) is 122 Å². The van der Waals surface area contributed by atoms with Gasteiger partial charge in [-0.05, 0) is 105 Å². The second kappa shape index (κ2) is 24.9. The van der Waals surface area contributed by atoms with Crippen molar-refractivity contribution in [1.82, 2.24) is 29.9 Å². The standard InChI is InChI=1S/C18H15N3.2C10H8N2.C4H10O.C2H3N.2F6P.Ru/c1-12-5-4-10-19-18(12)16-9-8-15-17(21-16)11-13-6-2-3-7-14(13)20-15;2*1-3-7-11-9(5-1)10-6-2-4-8-12-10;1-3-5-4-2;1-2-3;2*1-7(2,3,4,5)6;/h2-10,20H,11H2,1H3;2*1-8H;3-4H2,1-2H3;1H3;;;/q;;;;;2*-1;+2. The van der Waals surface area contributed by atoms with Crippen molar-refractivity contribution in [2.75, 3.05) is 18.5 Å². The van der Waals surface area contributed by atoms with Gasteiger partial charge in [0.1, 0.15) is 0 Å². The van der Waals surface area contributed by atoms with E-state index in [1.54, 1.807) is 30.9 Å². The van der Waals surface area contributed by atoms with E-state index in [4.69, 9.17) is 15.0 Å². The van der Waals surface area contributed by atoms with Gasteiger partial charge in [-0.1, -0.05) is 48.5 Å². The number of anilines is 2. The van der Waals surface area contributed by atoms with Crippen LogP contribution in [0.2, 0.25) is 0 Å². The summed E-state index contributed by atoms with van der Waals surface area (Å²) in [6.45, 7) is 9.16. The van der Waals surface area contributed by atoms with E-state index in [1.807, 2.05) is 105 Å². The quantitative estimate of drug-likeness (QED) is 0.102. The Morgan fingerprint density at radius 2 is 0.882 bits per heavy atom. The van der Waals surface area contributed by atoms with Gasteiger partial charge in [-0.25, -0.2) is 4.98 Å². The second-order valence-electron chi connectivity index (χ2n) is 13.1. The van der Waals surface area contributed by atoms with Gasteiger partial charge in [-0.2, -0.15) is 5.26 Å². The number of nitrogens with zero attached hydrogens (tertiary/aromatic N) is 7. The van der Waals surface area contributed by atoms with Crippen molar-refractivity contribution >= 4 is 27.0 Å². The van der Waals surface area contributed by atoms with Crippen LogP contribution in [0.25, 0.3) is 34.2 Å². The number of aryl methyl sites for hydroxylation is 1.